The molecule has 0 spiro atoms. The van der Waals surface area contributed by atoms with Crippen molar-refractivity contribution in [3.05, 3.63) is 16.5 Å². The Balaban J connectivity index is 1.74. The molecule has 8 heteroatoms. The molecule has 0 aromatic carbocycles. The maximum Gasteiger partial charge on any atom is 0.341 e. The summed E-state index contributed by atoms with van der Waals surface area (Å²) in [5, 5.41) is 12.8. The first kappa shape index (κ1) is 17.7. The van der Waals surface area contributed by atoms with Gasteiger partial charge in [-0.15, -0.1) is 11.3 Å². The summed E-state index contributed by atoms with van der Waals surface area (Å²) >= 11 is 1.31. The lowest BCUT2D eigenvalue weighted by Crippen LogP contribution is -2.38. The Morgan fingerprint density at radius 1 is 1.48 bits per heavy atom. The molecule has 25 heavy (non-hydrogen) atoms. The third-order valence-electron chi connectivity index (χ3n) is 5.15. The van der Waals surface area contributed by atoms with E-state index in [1.54, 1.807) is 17.9 Å². The average Bonchev–Trinajstić information content (AvgIpc) is 3.19. The molecule has 1 aromatic rings. The van der Waals surface area contributed by atoms with Crippen molar-refractivity contribution in [3.63, 3.8) is 0 Å². The van der Waals surface area contributed by atoms with Crippen LogP contribution in [-0.4, -0.2) is 47.7 Å². The van der Waals surface area contributed by atoms with Gasteiger partial charge in [-0.1, -0.05) is 6.42 Å². The number of aryl methyl sites for hydroxylation is 1. The fourth-order valence-corrected chi connectivity index (χ4v) is 4.83. The topological polar surface area (TPSA) is 95.9 Å². The van der Waals surface area contributed by atoms with Crippen LogP contribution in [0.3, 0.4) is 0 Å². The van der Waals surface area contributed by atoms with Crippen LogP contribution >= 0.6 is 11.3 Å². The fraction of sp³-hybridized carbons (Fsp3) is 0.588. The molecule has 1 saturated carbocycles. The minimum atomic E-state index is -0.815. The molecule has 1 aliphatic carbocycles. The Kier molecular flexibility index (Phi) is 4.73. The predicted octanol–water partition coefficient (Wildman–Crippen LogP) is 2.95. The van der Waals surface area contributed by atoms with E-state index in [1.165, 1.54) is 11.3 Å². The van der Waals surface area contributed by atoms with E-state index in [2.05, 4.69) is 5.32 Å². The number of urea groups is 1. The number of fused-ring (bicyclic) bond motifs is 1. The zero-order chi connectivity index (χ0) is 18.2. The Morgan fingerprint density at radius 3 is 2.88 bits per heavy atom. The fourth-order valence-electron chi connectivity index (χ4n) is 3.94. The number of likely N-dealkylation sites (tertiary alicyclic amines) is 1. The smallest absolute Gasteiger partial charge is 0.341 e. The van der Waals surface area contributed by atoms with Crippen LogP contribution in [0.15, 0.2) is 6.07 Å². The number of anilines is 1. The number of nitrogens with one attached hydrogen (secondary N) is 1. The molecule has 2 amide bonds. The highest BCUT2D eigenvalue weighted by Crippen LogP contribution is 2.49. The van der Waals surface area contributed by atoms with E-state index < -0.39 is 17.4 Å². The lowest BCUT2D eigenvalue weighted by atomic mass is 9.81. The monoisotopic (exact) mass is 366 g/mol. The average molecular weight is 366 g/mol. The molecule has 0 unspecified atom stereocenters. The van der Waals surface area contributed by atoms with Crippen molar-refractivity contribution >= 4 is 34.3 Å². The molecule has 0 bridgehead atoms. The molecule has 2 aliphatic rings. The Hall–Kier alpha value is -2.09. The van der Waals surface area contributed by atoms with Gasteiger partial charge in [-0.2, -0.15) is 0 Å². The van der Waals surface area contributed by atoms with Crippen LogP contribution in [0.4, 0.5) is 9.80 Å². The largest absolute Gasteiger partial charge is 0.481 e. The summed E-state index contributed by atoms with van der Waals surface area (Å²) in [5.74, 6) is -1.28. The molecule has 2 fully saturated rings. The second-order valence-corrected chi connectivity index (χ2v) is 7.94. The Labute approximate surface area is 150 Å². The van der Waals surface area contributed by atoms with Crippen LogP contribution < -0.4 is 5.32 Å². The molecule has 0 radical (unpaired) electrons. The number of nitrogens with zero attached hydrogens (tertiary/aromatic N) is 1. The van der Waals surface area contributed by atoms with Gasteiger partial charge >= 0.3 is 18.0 Å². The minimum absolute atomic E-state index is 0.00495. The van der Waals surface area contributed by atoms with Crippen LogP contribution in [0.1, 0.15) is 41.4 Å². The van der Waals surface area contributed by atoms with E-state index in [-0.39, 0.29) is 25.1 Å². The molecule has 1 aliphatic heterocycles. The molecular weight excluding hydrogens is 344 g/mol. The minimum Gasteiger partial charge on any atom is -0.481 e. The molecule has 7 nitrogen and oxygen atoms in total. The number of amides is 2. The number of aliphatic carboxylic acids is 1. The summed E-state index contributed by atoms with van der Waals surface area (Å²) in [6.45, 7) is 4.50. The number of rotatable bonds is 4. The number of carbonyl (C=O) groups is 3. The molecule has 2 N–H and O–H groups in total. The maximum absolute atomic E-state index is 12.6. The van der Waals surface area contributed by atoms with Crippen LogP contribution in [-0.2, 0) is 9.53 Å². The number of ether oxygens (including phenoxy) is 1. The zero-order valence-corrected chi connectivity index (χ0v) is 15.1. The van der Waals surface area contributed by atoms with Crippen LogP contribution in [0.2, 0.25) is 0 Å². The van der Waals surface area contributed by atoms with Gasteiger partial charge < -0.3 is 14.7 Å². The number of thiophene rings is 1. The van der Waals surface area contributed by atoms with Crippen molar-refractivity contribution in [2.75, 3.05) is 25.0 Å². The van der Waals surface area contributed by atoms with Gasteiger partial charge in [0.25, 0.3) is 0 Å². The summed E-state index contributed by atoms with van der Waals surface area (Å²) in [7, 11) is 0. The highest BCUT2D eigenvalue weighted by Gasteiger charge is 2.55. The molecule has 2 heterocycles. The third-order valence-corrected chi connectivity index (χ3v) is 6.12. The lowest BCUT2D eigenvalue weighted by Gasteiger charge is -2.23. The van der Waals surface area contributed by atoms with E-state index in [0.29, 0.717) is 23.5 Å². The second-order valence-electron chi connectivity index (χ2n) is 6.68. The van der Waals surface area contributed by atoms with Gasteiger partial charge in [0.1, 0.15) is 5.00 Å². The summed E-state index contributed by atoms with van der Waals surface area (Å²) in [6, 6.07) is 1.33. The van der Waals surface area contributed by atoms with Crippen molar-refractivity contribution in [2.45, 2.75) is 33.1 Å². The standard InChI is InChI=1S/C17H22N2O5S/c1-3-24-14(20)12-7-10(2)25-13(12)18-16(23)19-8-11-5-4-6-17(11,9-19)15(21)22/h7,11H,3-6,8-9H2,1-2H3,(H,18,23)(H,21,22)/t11-,17+/m0/s1. The van der Waals surface area contributed by atoms with Gasteiger partial charge in [-0.05, 0) is 38.7 Å². The van der Waals surface area contributed by atoms with E-state index >= 15 is 0 Å². The van der Waals surface area contributed by atoms with E-state index in [0.717, 1.165) is 17.7 Å². The second kappa shape index (κ2) is 6.67. The maximum atomic E-state index is 12.6. The van der Waals surface area contributed by atoms with Crippen molar-refractivity contribution in [1.82, 2.24) is 4.90 Å². The summed E-state index contributed by atoms with van der Waals surface area (Å²) in [4.78, 5) is 38.8. The molecule has 1 saturated heterocycles. The molecular formula is C17H22N2O5S. The third kappa shape index (κ3) is 3.10. The highest BCUT2D eigenvalue weighted by atomic mass is 32.1. The van der Waals surface area contributed by atoms with Crippen molar-refractivity contribution in [2.24, 2.45) is 11.3 Å². The SMILES string of the molecule is CCOC(=O)c1cc(C)sc1NC(=O)N1C[C@@H]2CCC[C@@]2(C(=O)O)C1. The van der Waals surface area contributed by atoms with Gasteiger partial charge in [0.2, 0.25) is 0 Å². The number of carboxylic acids is 1. The molecule has 2 atom stereocenters. The number of hydrogen-bond donors (Lipinski definition) is 2. The Morgan fingerprint density at radius 2 is 2.24 bits per heavy atom. The summed E-state index contributed by atoms with van der Waals surface area (Å²) in [5.41, 5.74) is -0.475. The highest BCUT2D eigenvalue weighted by molar-refractivity contribution is 7.16. The van der Waals surface area contributed by atoms with Gasteiger partial charge in [0, 0.05) is 18.0 Å². The number of carboxylic acid groups (broad SMARTS) is 1. The number of hydrogen-bond acceptors (Lipinski definition) is 5. The van der Waals surface area contributed by atoms with Gasteiger partial charge in [0.05, 0.1) is 17.6 Å². The summed E-state index contributed by atoms with van der Waals surface area (Å²) in [6.07, 6.45) is 2.34. The van der Waals surface area contributed by atoms with E-state index in [1.807, 2.05) is 6.92 Å². The number of esters is 1. The molecule has 3 rings (SSSR count). The molecule has 136 valence electrons. The van der Waals surface area contributed by atoms with Crippen molar-refractivity contribution in [1.29, 1.82) is 0 Å². The normalized spacial score (nSPS) is 24.9. The van der Waals surface area contributed by atoms with Gasteiger partial charge in [-0.3, -0.25) is 10.1 Å². The number of carbonyl (C=O) groups excluding carboxylic acids is 2. The van der Waals surface area contributed by atoms with Gasteiger partial charge in [-0.25, -0.2) is 9.59 Å². The summed E-state index contributed by atoms with van der Waals surface area (Å²) < 4.78 is 5.02. The van der Waals surface area contributed by atoms with Crippen LogP contribution in [0.25, 0.3) is 0 Å². The quantitative estimate of drug-likeness (QED) is 0.799. The van der Waals surface area contributed by atoms with Crippen molar-refractivity contribution in [3.8, 4) is 0 Å². The zero-order valence-electron chi connectivity index (χ0n) is 14.3. The van der Waals surface area contributed by atoms with Crippen molar-refractivity contribution < 1.29 is 24.2 Å². The first-order valence-electron chi connectivity index (χ1n) is 8.44. The van der Waals surface area contributed by atoms with E-state index in [4.69, 9.17) is 4.74 Å². The predicted molar refractivity (Wildman–Crippen MR) is 93.0 cm³/mol. The van der Waals surface area contributed by atoms with Crippen LogP contribution in [0.5, 0.6) is 0 Å². The molecule has 1 aromatic heterocycles. The van der Waals surface area contributed by atoms with Gasteiger partial charge in [0.15, 0.2) is 0 Å². The van der Waals surface area contributed by atoms with Crippen LogP contribution in [0, 0.1) is 18.3 Å². The lowest BCUT2D eigenvalue weighted by molar-refractivity contribution is -0.149. The Bertz CT molecular complexity index is 716. The first-order chi connectivity index (χ1) is 11.9. The first-order valence-corrected chi connectivity index (χ1v) is 9.26. The van der Waals surface area contributed by atoms with E-state index in [9.17, 15) is 19.5 Å².